The highest BCUT2D eigenvalue weighted by Crippen LogP contribution is 2.33. The van der Waals surface area contributed by atoms with Crippen molar-refractivity contribution in [3.8, 4) is 22.3 Å². The Morgan fingerprint density at radius 2 is 0.833 bits per heavy atom. The fourth-order valence-electron chi connectivity index (χ4n) is 3.47. The third-order valence-electron chi connectivity index (χ3n) is 5.01. The van der Waals surface area contributed by atoms with Gasteiger partial charge in [0.15, 0.2) is 0 Å². The number of hydrogen-bond donors (Lipinski definition) is 2. The van der Waals surface area contributed by atoms with Gasteiger partial charge in [-0.1, -0.05) is 97.1 Å². The summed E-state index contributed by atoms with van der Waals surface area (Å²) in [5.41, 5.74) is 17.8. The average Bonchev–Trinajstić information content (AvgIpc) is 2.81. The van der Waals surface area contributed by atoms with E-state index in [0.29, 0.717) is 0 Å². The maximum absolute atomic E-state index is 5.95. The van der Waals surface area contributed by atoms with Crippen LogP contribution in [0.5, 0.6) is 0 Å². The van der Waals surface area contributed by atoms with Gasteiger partial charge in [0, 0.05) is 11.4 Å². The van der Waals surface area contributed by atoms with Crippen LogP contribution in [0.25, 0.3) is 33.0 Å². The summed E-state index contributed by atoms with van der Waals surface area (Å²) in [7, 11) is 0. The summed E-state index contributed by atoms with van der Waals surface area (Å²) in [4.78, 5) is 0. The Balaban J connectivity index is 0.000000181. The molecule has 146 valence electrons. The summed E-state index contributed by atoms with van der Waals surface area (Å²) in [6, 6.07) is 40.9. The molecule has 0 aliphatic carbocycles. The molecule has 0 spiro atoms. The first kappa shape index (κ1) is 19.3. The molecule has 2 nitrogen and oxygen atoms in total. The van der Waals surface area contributed by atoms with Crippen LogP contribution < -0.4 is 11.5 Å². The fourth-order valence-corrected chi connectivity index (χ4v) is 3.47. The van der Waals surface area contributed by atoms with Crippen LogP contribution in [-0.2, 0) is 0 Å². The van der Waals surface area contributed by atoms with Gasteiger partial charge >= 0.3 is 0 Å². The molecule has 0 aliphatic rings. The van der Waals surface area contributed by atoms with Crippen LogP contribution in [0.15, 0.2) is 121 Å². The maximum atomic E-state index is 5.95. The molecular formula is C28H24N2. The Labute approximate surface area is 177 Å². The fraction of sp³-hybridized carbons (Fsp3) is 0. The van der Waals surface area contributed by atoms with Gasteiger partial charge in [0.05, 0.1) is 0 Å². The summed E-state index contributed by atoms with van der Waals surface area (Å²) in [5.74, 6) is 0. The quantitative estimate of drug-likeness (QED) is 0.319. The minimum atomic E-state index is 0.767. The third kappa shape index (κ3) is 4.50. The molecule has 0 amide bonds. The molecule has 4 N–H and O–H groups in total. The van der Waals surface area contributed by atoms with Gasteiger partial charge in [-0.05, 0) is 57.3 Å². The van der Waals surface area contributed by atoms with Crippen LogP contribution in [0, 0.1) is 0 Å². The van der Waals surface area contributed by atoms with Gasteiger partial charge in [0.25, 0.3) is 0 Å². The molecule has 2 heteroatoms. The highest BCUT2D eigenvalue weighted by atomic mass is 14.5. The number of benzene rings is 5. The molecule has 0 aliphatic heterocycles. The first-order valence-corrected chi connectivity index (χ1v) is 9.95. The molecule has 0 saturated heterocycles. The van der Waals surface area contributed by atoms with E-state index in [1.54, 1.807) is 0 Å². The molecule has 5 rings (SSSR count). The van der Waals surface area contributed by atoms with Gasteiger partial charge in [0.2, 0.25) is 0 Å². The summed E-state index contributed by atoms with van der Waals surface area (Å²) in [6.45, 7) is 0. The number of nitrogens with two attached hydrogens (primary N) is 2. The SMILES string of the molecule is Nc1ccc(-c2ccc(N)cc2-c2ccccc2)cc1.c1ccc2ccccc2c1. The minimum absolute atomic E-state index is 0.767. The number of anilines is 2. The molecule has 0 heterocycles. The number of fused-ring (bicyclic) bond motifs is 1. The Morgan fingerprint density at radius 1 is 0.367 bits per heavy atom. The standard InChI is InChI=1S/C18H16N2.C10H8/c19-15-8-6-14(7-9-15)17-11-10-16(20)12-18(17)13-4-2-1-3-5-13;1-2-6-10-8-4-3-7-9(10)5-1/h1-12H,19-20H2;1-8H. The van der Waals surface area contributed by atoms with E-state index in [-0.39, 0.29) is 0 Å². The zero-order valence-electron chi connectivity index (χ0n) is 16.7. The Bertz CT molecular complexity index is 1180. The molecule has 0 aromatic heterocycles. The van der Waals surface area contributed by atoms with Crippen LogP contribution in [0.2, 0.25) is 0 Å². The van der Waals surface area contributed by atoms with Gasteiger partial charge in [-0.3, -0.25) is 0 Å². The van der Waals surface area contributed by atoms with E-state index >= 15 is 0 Å². The second-order valence-electron chi connectivity index (χ2n) is 7.14. The Morgan fingerprint density at radius 3 is 1.40 bits per heavy atom. The van der Waals surface area contributed by atoms with E-state index in [2.05, 4.69) is 66.7 Å². The van der Waals surface area contributed by atoms with Crippen LogP contribution >= 0.6 is 0 Å². The summed E-state index contributed by atoms with van der Waals surface area (Å²) >= 11 is 0. The van der Waals surface area contributed by atoms with Gasteiger partial charge < -0.3 is 11.5 Å². The van der Waals surface area contributed by atoms with Crippen molar-refractivity contribution in [2.75, 3.05) is 11.5 Å². The van der Waals surface area contributed by atoms with Crippen molar-refractivity contribution >= 4 is 22.1 Å². The van der Waals surface area contributed by atoms with Crippen molar-refractivity contribution in [3.05, 3.63) is 121 Å². The average molecular weight is 389 g/mol. The third-order valence-corrected chi connectivity index (χ3v) is 5.01. The predicted octanol–water partition coefficient (Wildman–Crippen LogP) is 7.02. The van der Waals surface area contributed by atoms with Crippen molar-refractivity contribution < 1.29 is 0 Å². The monoisotopic (exact) mass is 388 g/mol. The van der Waals surface area contributed by atoms with Gasteiger partial charge in [-0.2, -0.15) is 0 Å². The van der Waals surface area contributed by atoms with E-state index in [1.807, 2.05) is 54.6 Å². The van der Waals surface area contributed by atoms with E-state index in [9.17, 15) is 0 Å². The van der Waals surface area contributed by atoms with E-state index in [0.717, 1.165) is 33.6 Å². The number of nitrogen functional groups attached to an aromatic ring is 2. The van der Waals surface area contributed by atoms with Crippen molar-refractivity contribution in [1.82, 2.24) is 0 Å². The number of hydrogen-bond acceptors (Lipinski definition) is 2. The zero-order chi connectivity index (χ0) is 20.8. The van der Waals surface area contributed by atoms with Gasteiger partial charge in [0.1, 0.15) is 0 Å². The first-order valence-electron chi connectivity index (χ1n) is 9.95. The minimum Gasteiger partial charge on any atom is -0.399 e. The Hall–Kier alpha value is -4.04. The Kier molecular flexibility index (Phi) is 5.77. The summed E-state index contributed by atoms with van der Waals surface area (Å²) in [5, 5.41) is 2.62. The molecule has 0 bridgehead atoms. The lowest BCUT2D eigenvalue weighted by atomic mass is 9.94. The lowest BCUT2D eigenvalue weighted by Gasteiger charge is -2.11. The topological polar surface area (TPSA) is 52.0 Å². The summed E-state index contributed by atoms with van der Waals surface area (Å²) in [6.07, 6.45) is 0. The second kappa shape index (κ2) is 8.97. The largest absolute Gasteiger partial charge is 0.399 e. The van der Waals surface area contributed by atoms with Gasteiger partial charge in [-0.15, -0.1) is 0 Å². The van der Waals surface area contributed by atoms with Crippen LogP contribution in [-0.4, -0.2) is 0 Å². The van der Waals surface area contributed by atoms with E-state index < -0.39 is 0 Å². The zero-order valence-corrected chi connectivity index (χ0v) is 16.7. The predicted molar refractivity (Wildman–Crippen MR) is 130 cm³/mol. The molecule has 5 aromatic rings. The molecule has 30 heavy (non-hydrogen) atoms. The lowest BCUT2D eigenvalue weighted by Crippen LogP contribution is -1.90. The van der Waals surface area contributed by atoms with Crippen molar-refractivity contribution in [2.45, 2.75) is 0 Å². The molecular weight excluding hydrogens is 364 g/mol. The van der Waals surface area contributed by atoms with Crippen LogP contribution in [0.1, 0.15) is 0 Å². The first-order chi connectivity index (χ1) is 14.7. The molecule has 0 atom stereocenters. The second-order valence-corrected chi connectivity index (χ2v) is 7.14. The highest BCUT2D eigenvalue weighted by Gasteiger charge is 2.07. The molecule has 0 radical (unpaired) electrons. The van der Waals surface area contributed by atoms with Crippen molar-refractivity contribution in [3.63, 3.8) is 0 Å². The van der Waals surface area contributed by atoms with Crippen LogP contribution in [0.3, 0.4) is 0 Å². The smallest absolute Gasteiger partial charge is 0.0320 e. The van der Waals surface area contributed by atoms with Gasteiger partial charge in [-0.25, -0.2) is 0 Å². The molecule has 0 saturated carbocycles. The number of rotatable bonds is 2. The normalized spacial score (nSPS) is 10.3. The summed E-state index contributed by atoms with van der Waals surface area (Å²) < 4.78 is 0. The molecule has 0 unspecified atom stereocenters. The van der Waals surface area contributed by atoms with E-state index in [1.165, 1.54) is 10.8 Å². The van der Waals surface area contributed by atoms with E-state index in [4.69, 9.17) is 11.5 Å². The van der Waals surface area contributed by atoms with Crippen molar-refractivity contribution in [2.24, 2.45) is 0 Å². The maximum Gasteiger partial charge on any atom is 0.0320 e. The van der Waals surface area contributed by atoms with Crippen molar-refractivity contribution in [1.29, 1.82) is 0 Å². The molecule has 5 aromatic carbocycles. The lowest BCUT2D eigenvalue weighted by molar-refractivity contribution is 1.57. The molecule has 0 fully saturated rings. The van der Waals surface area contributed by atoms with Crippen LogP contribution in [0.4, 0.5) is 11.4 Å². The highest BCUT2D eigenvalue weighted by molar-refractivity contribution is 5.86.